The second-order valence-electron chi connectivity index (χ2n) is 5.83. The molecule has 1 atom stereocenters. The quantitative estimate of drug-likeness (QED) is 0.602. The van der Waals surface area contributed by atoms with E-state index in [1.54, 1.807) is 6.07 Å². The molecular weight excluding hydrogens is 392 g/mol. The molecule has 0 aliphatic rings. The first-order chi connectivity index (χ1) is 12.8. The average Bonchev–Trinajstić information content (AvgIpc) is 2.64. The first kappa shape index (κ1) is 21.2. The van der Waals surface area contributed by atoms with E-state index in [1.165, 1.54) is 31.4 Å². The van der Waals surface area contributed by atoms with Gasteiger partial charge in [-0.3, -0.25) is 4.79 Å². The smallest absolute Gasteiger partial charge is 0.322 e. The van der Waals surface area contributed by atoms with Gasteiger partial charge in [-0.15, -0.1) is 0 Å². The molecule has 0 aliphatic carbocycles. The van der Waals surface area contributed by atoms with Gasteiger partial charge in [0.25, 0.3) is 0 Å². The molecule has 0 spiro atoms. The number of carbonyl (C=O) groups is 1. The maximum absolute atomic E-state index is 12.6. The van der Waals surface area contributed by atoms with Crippen LogP contribution in [0.2, 0.25) is 5.02 Å². The van der Waals surface area contributed by atoms with Crippen LogP contribution in [0.1, 0.15) is 12.0 Å². The molecule has 0 saturated carbocycles. The third-order valence-corrected chi connectivity index (χ3v) is 6.34. The summed E-state index contributed by atoms with van der Waals surface area (Å²) >= 11 is 5.91. The first-order valence-electron chi connectivity index (χ1n) is 8.27. The summed E-state index contributed by atoms with van der Waals surface area (Å²) in [5.41, 5.74) is 0.989. The van der Waals surface area contributed by atoms with E-state index in [4.69, 9.17) is 21.1 Å². The molecular formula is C19H21ClO6S. The van der Waals surface area contributed by atoms with E-state index >= 15 is 0 Å². The van der Waals surface area contributed by atoms with E-state index in [0.29, 0.717) is 23.8 Å². The third kappa shape index (κ3) is 5.95. The maximum atomic E-state index is 12.6. The minimum absolute atomic E-state index is 0.0208. The molecule has 0 saturated heterocycles. The number of hydrogen-bond acceptors (Lipinski definition) is 5. The molecule has 0 amide bonds. The van der Waals surface area contributed by atoms with Crippen LogP contribution in [0.4, 0.5) is 0 Å². The van der Waals surface area contributed by atoms with Gasteiger partial charge < -0.3 is 14.6 Å². The molecule has 0 radical (unpaired) electrons. The zero-order valence-corrected chi connectivity index (χ0v) is 16.4. The molecule has 0 bridgehead atoms. The number of hydrogen-bond donors (Lipinski definition) is 1. The fraction of sp³-hybridized carbons (Fsp3) is 0.316. The van der Waals surface area contributed by atoms with Crippen LogP contribution in [0.25, 0.3) is 0 Å². The summed E-state index contributed by atoms with van der Waals surface area (Å²) < 4.78 is 35.6. The SMILES string of the molecule is COc1ccc(S(=O)(=O)C(CCOCCc2cccc(Cl)c2)C(=O)O)cc1. The minimum Gasteiger partial charge on any atom is -0.497 e. The fourth-order valence-corrected chi connectivity index (χ4v) is 4.24. The van der Waals surface area contributed by atoms with Gasteiger partial charge in [0, 0.05) is 11.6 Å². The number of methoxy groups -OCH3 is 1. The van der Waals surface area contributed by atoms with Crippen molar-refractivity contribution in [3.8, 4) is 5.75 Å². The highest BCUT2D eigenvalue weighted by Gasteiger charge is 2.33. The summed E-state index contributed by atoms with van der Waals surface area (Å²) in [5.74, 6) is -0.908. The predicted octanol–water partition coefficient (Wildman–Crippen LogP) is 3.22. The van der Waals surface area contributed by atoms with E-state index in [0.717, 1.165) is 5.56 Å². The van der Waals surface area contributed by atoms with Gasteiger partial charge in [0.2, 0.25) is 0 Å². The van der Waals surface area contributed by atoms with Crippen molar-refractivity contribution in [1.29, 1.82) is 0 Å². The van der Waals surface area contributed by atoms with Crippen molar-refractivity contribution in [3.05, 3.63) is 59.1 Å². The van der Waals surface area contributed by atoms with Gasteiger partial charge in [0.05, 0.1) is 18.6 Å². The highest BCUT2D eigenvalue weighted by molar-refractivity contribution is 7.92. The van der Waals surface area contributed by atoms with E-state index in [1.807, 2.05) is 18.2 Å². The number of benzene rings is 2. The molecule has 0 aromatic heterocycles. The zero-order chi connectivity index (χ0) is 19.9. The van der Waals surface area contributed by atoms with Crippen LogP contribution in [0.3, 0.4) is 0 Å². The first-order valence-corrected chi connectivity index (χ1v) is 10.2. The lowest BCUT2D eigenvalue weighted by Gasteiger charge is -2.14. The van der Waals surface area contributed by atoms with Crippen LogP contribution in [0, 0.1) is 0 Å². The highest BCUT2D eigenvalue weighted by Crippen LogP contribution is 2.22. The lowest BCUT2D eigenvalue weighted by Crippen LogP contribution is -2.31. The topological polar surface area (TPSA) is 89.9 Å². The van der Waals surface area contributed by atoms with Gasteiger partial charge in [0.15, 0.2) is 15.1 Å². The van der Waals surface area contributed by atoms with Crippen LogP contribution in [0.15, 0.2) is 53.4 Å². The van der Waals surface area contributed by atoms with Gasteiger partial charge in [0.1, 0.15) is 5.75 Å². The number of rotatable bonds is 10. The summed E-state index contributed by atoms with van der Waals surface area (Å²) in [6, 6.07) is 13.0. The Kier molecular flexibility index (Phi) is 7.65. The van der Waals surface area contributed by atoms with E-state index in [9.17, 15) is 18.3 Å². The highest BCUT2D eigenvalue weighted by atomic mass is 35.5. The standard InChI is InChI=1S/C19H21ClO6S/c1-25-16-5-7-17(8-6-16)27(23,24)18(19(21)22)10-12-26-11-9-14-3-2-4-15(20)13-14/h2-8,13,18H,9-12H2,1H3,(H,21,22). The van der Waals surface area contributed by atoms with E-state index in [-0.39, 0.29) is 17.9 Å². The van der Waals surface area contributed by atoms with Crippen LogP contribution in [-0.4, -0.2) is 45.1 Å². The van der Waals surface area contributed by atoms with Gasteiger partial charge >= 0.3 is 5.97 Å². The summed E-state index contributed by atoms with van der Waals surface area (Å²) in [6.45, 7) is 0.363. The third-order valence-electron chi connectivity index (χ3n) is 3.99. The number of ether oxygens (including phenoxy) is 2. The second-order valence-corrected chi connectivity index (χ2v) is 8.40. The molecule has 0 aliphatic heterocycles. The van der Waals surface area contributed by atoms with Crippen molar-refractivity contribution in [2.75, 3.05) is 20.3 Å². The van der Waals surface area contributed by atoms with Crippen molar-refractivity contribution < 1.29 is 27.8 Å². The van der Waals surface area contributed by atoms with Crippen molar-refractivity contribution >= 4 is 27.4 Å². The van der Waals surface area contributed by atoms with Crippen molar-refractivity contribution in [3.63, 3.8) is 0 Å². The van der Waals surface area contributed by atoms with Crippen LogP contribution < -0.4 is 4.74 Å². The van der Waals surface area contributed by atoms with Gasteiger partial charge in [-0.1, -0.05) is 23.7 Å². The number of carboxylic acid groups (broad SMARTS) is 1. The molecule has 1 unspecified atom stereocenters. The Morgan fingerprint density at radius 2 is 1.85 bits per heavy atom. The second kappa shape index (κ2) is 9.73. The Morgan fingerprint density at radius 1 is 1.15 bits per heavy atom. The molecule has 0 fully saturated rings. The molecule has 2 aromatic carbocycles. The van der Waals surface area contributed by atoms with E-state index < -0.39 is 21.1 Å². The van der Waals surface area contributed by atoms with Crippen molar-refractivity contribution in [2.45, 2.75) is 23.0 Å². The van der Waals surface area contributed by atoms with E-state index in [2.05, 4.69) is 0 Å². The molecule has 8 heteroatoms. The fourth-order valence-electron chi connectivity index (χ4n) is 2.52. The molecule has 0 heterocycles. The summed E-state index contributed by atoms with van der Waals surface area (Å²) in [7, 11) is -2.56. The molecule has 2 rings (SSSR count). The number of carboxylic acids is 1. The molecule has 6 nitrogen and oxygen atoms in total. The van der Waals surface area contributed by atoms with Crippen LogP contribution in [-0.2, 0) is 25.8 Å². The zero-order valence-electron chi connectivity index (χ0n) is 14.8. The van der Waals surface area contributed by atoms with Gasteiger partial charge in [-0.05, 0) is 54.8 Å². The molecule has 2 aromatic rings. The lowest BCUT2D eigenvalue weighted by molar-refractivity contribution is -0.136. The summed E-state index contributed by atoms with van der Waals surface area (Å²) in [5, 5.41) is 8.42. The van der Waals surface area contributed by atoms with Gasteiger partial charge in [-0.2, -0.15) is 0 Å². The number of halogens is 1. The van der Waals surface area contributed by atoms with Gasteiger partial charge in [-0.25, -0.2) is 8.42 Å². The van der Waals surface area contributed by atoms with Crippen molar-refractivity contribution in [2.24, 2.45) is 0 Å². The monoisotopic (exact) mass is 412 g/mol. The predicted molar refractivity (Wildman–Crippen MR) is 102 cm³/mol. The normalized spacial score (nSPS) is 12.5. The Bertz CT molecular complexity index is 864. The number of sulfone groups is 1. The Morgan fingerprint density at radius 3 is 2.44 bits per heavy atom. The maximum Gasteiger partial charge on any atom is 0.322 e. The number of aliphatic carboxylic acids is 1. The lowest BCUT2D eigenvalue weighted by atomic mass is 10.2. The van der Waals surface area contributed by atoms with Crippen LogP contribution in [0.5, 0.6) is 5.75 Å². The summed E-state index contributed by atoms with van der Waals surface area (Å²) in [4.78, 5) is 11.4. The average molecular weight is 413 g/mol. The Labute approximate surface area is 163 Å². The van der Waals surface area contributed by atoms with Crippen molar-refractivity contribution in [1.82, 2.24) is 0 Å². The largest absolute Gasteiger partial charge is 0.497 e. The van der Waals surface area contributed by atoms with Crippen LogP contribution >= 0.6 is 11.6 Å². The molecule has 27 heavy (non-hydrogen) atoms. The molecule has 146 valence electrons. The Balaban J connectivity index is 1.93. The Hall–Kier alpha value is -2.09. The summed E-state index contributed by atoms with van der Waals surface area (Å²) in [6.07, 6.45) is 0.461. The minimum atomic E-state index is -4.02. The molecule has 1 N–H and O–H groups in total.